The van der Waals surface area contributed by atoms with Crippen molar-refractivity contribution in [3.8, 4) is 0 Å². The van der Waals surface area contributed by atoms with Gasteiger partial charge >= 0.3 is 0 Å². The summed E-state index contributed by atoms with van der Waals surface area (Å²) < 4.78 is 0. The Hall–Kier alpha value is -0.870. The van der Waals surface area contributed by atoms with E-state index in [1.54, 1.807) is 11.3 Å². The van der Waals surface area contributed by atoms with Crippen molar-refractivity contribution < 1.29 is 4.79 Å². The number of nitrogens with two attached hydrogens (primary N) is 1. The minimum atomic E-state index is 0.153. The molecule has 2 rings (SSSR count). The Labute approximate surface area is 93.7 Å². The van der Waals surface area contributed by atoms with Crippen LogP contribution in [0.2, 0.25) is 0 Å². The molecule has 3 nitrogen and oxygen atoms in total. The van der Waals surface area contributed by atoms with E-state index in [9.17, 15) is 4.79 Å². The lowest BCUT2D eigenvalue weighted by Crippen LogP contribution is -2.32. The molecule has 0 aromatic carbocycles. The van der Waals surface area contributed by atoms with Crippen molar-refractivity contribution in [2.24, 2.45) is 11.7 Å². The zero-order valence-corrected chi connectivity index (χ0v) is 9.43. The highest BCUT2D eigenvalue weighted by Crippen LogP contribution is 2.24. The first-order chi connectivity index (χ1) is 7.25. The van der Waals surface area contributed by atoms with Gasteiger partial charge in [-0.1, -0.05) is 0 Å². The molecule has 0 saturated heterocycles. The fourth-order valence-electron chi connectivity index (χ4n) is 1.96. The third-order valence-corrected chi connectivity index (χ3v) is 3.61. The molecule has 1 fully saturated rings. The maximum absolute atomic E-state index is 11.8. The fourth-order valence-corrected chi connectivity index (χ4v) is 2.55. The average molecular weight is 224 g/mol. The number of amides is 1. The van der Waals surface area contributed by atoms with Crippen molar-refractivity contribution in [2.45, 2.75) is 31.7 Å². The van der Waals surface area contributed by atoms with Gasteiger partial charge in [-0.2, -0.15) is 11.3 Å². The summed E-state index contributed by atoms with van der Waals surface area (Å²) in [4.78, 5) is 11.8. The number of nitrogens with one attached hydrogen (secondary N) is 1. The molecule has 1 amide bonds. The van der Waals surface area contributed by atoms with Crippen molar-refractivity contribution in [1.82, 2.24) is 0 Å². The van der Waals surface area contributed by atoms with E-state index in [4.69, 9.17) is 5.73 Å². The van der Waals surface area contributed by atoms with Gasteiger partial charge in [0.15, 0.2) is 0 Å². The maximum Gasteiger partial charge on any atom is 0.227 e. The summed E-state index contributed by atoms with van der Waals surface area (Å²) in [5.41, 5.74) is 6.72. The molecule has 1 aromatic rings. The van der Waals surface area contributed by atoms with Crippen molar-refractivity contribution in [2.75, 3.05) is 5.32 Å². The highest BCUT2D eigenvalue weighted by molar-refractivity contribution is 7.08. The van der Waals surface area contributed by atoms with E-state index < -0.39 is 0 Å². The zero-order chi connectivity index (χ0) is 10.7. The van der Waals surface area contributed by atoms with Crippen LogP contribution in [-0.4, -0.2) is 11.9 Å². The first-order valence-corrected chi connectivity index (χ1v) is 6.28. The molecule has 0 radical (unpaired) electrons. The van der Waals surface area contributed by atoms with E-state index in [0.717, 1.165) is 31.4 Å². The van der Waals surface area contributed by atoms with Crippen LogP contribution in [0.4, 0.5) is 5.69 Å². The standard InChI is InChI=1S/C11H16N2OS/c12-9-3-1-8(2-4-9)11(14)13-10-5-6-15-7-10/h5-9H,1-4,12H2,(H,13,14). The van der Waals surface area contributed by atoms with Crippen LogP contribution in [-0.2, 0) is 4.79 Å². The molecular formula is C11H16N2OS. The molecule has 82 valence electrons. The van der Waals surface area contributed by atoms with Gasteiger partial charge in [0, 0.05) is 17.3 Å². The quantitative estimate of drug-likeness (QED) is 0.809. The first kappa shape index (κ1) is 10.6. The zero-order valence-electron chi connectivity index (χ0n) is 8.61. The Kier molecular flexibility index (Phi) is 3.38. The van der Waals surface area contributed by atoms with Gasteiger partial charge in [0.2, 0.25) is 5.91 Å². The monoisotopic (exact) mass is 224 g/mol. The summed E-state index contributed by atoms with van der Waals surface area (Å²) in [6.07, 6.45) is 3.80. The van der Waals surface area contributed by atoms with Crippen LogP contribution in [0.1, 0.15) is 25.7 Å². The van der Waals surface area contributed by atoms with E-state index in [2.05, 4.69) is 5.32 Å². The van der Waals surface area contributed by atoms with Gasteiger partial charge in [-0.3, -0.25) is 4.79 Å². The molecule has 1 saturated carbocycles. The van der Waals surface area contributed by atoms with E-state index in [1.165, 1.54) is 0 Å². The van der Waals surface area contributed by atoms with Crippen molar-refractivity contribution in [3.63, 3.8) is 0 Å². The topological polar surface area (TPSA) is 55.1 Å². The van der Waals surface area contributed by atoms with Gasteiger partial charge in [-0.05, 0) is 37.1 Å². The lowest BCUT2D eigenvalue weighted by molar-refractivity contribution is -0.120. The van der Waals surface area contributed by atoms with Crippen LogP contribution in [0.25, 0.3) is 0 Å². The number of hydrogen-bond donors (Lipinski definition) is 2. The summed E-state index contributed by atoms with van der Waals surface area (Å²) in [6.45, 7) is 0. The van der Waals surface area contributed by atoms with E-state index in [1.807, 2.05) is 16.8 Å². The number of rotatable bonds is 2. The van der Waals surface area contributed by atoms with Crippen LogP contribution in [0, 0.1) is 5.92 Å². The third kappa shape index (κ3) is 2.79. The van der Waals surface area contributed by atoms with Crippen molar-refractivity contribution in [1.29, 1.82) is 0 Å². The molecule has 1 aromatic heterocycles. The SMILES string of the molecule is NC1CCC(C(=O)Nc2ccsc2)CC1. The molecule has 1 aliphatic carbocycles. The number of anilines is 1. The Morgan fingerprint density at radius 1 is 1.40 bits per heavy atom. The predicted octanol–water partition coefficient (Wildman–Crippen LogP) is 2.20. The molecule has 1 aliphatic rings. The molecule has 0 bridgehead atoms. The van der Waals surface area contributed by atoms with Gasteiger partial charge < -0.3 is 11.1 Å². The first-order valence-electron chi connectivity index (χ1n) is 5.34. The van der Waals surface area contributed by atoms with Gasteiger partial charge in [0.1, 0.15) is 0 Å². The number of carbonyl (C=O) groups excluding carboxylic acids is 1. The molecule has 0 atom stereocenters. The fraction of sp³-hybridized carbons (Fsp3) is 0.545. The lowest BCUT2D eigenvalue weighted by Gasteiger charge is -2.24. The second-order valence-corrected chi connectivity index (χ2v) is 4.89. The molecule has 0 aliphatic heterocycles. The average Bonchev–Trinajstić information content (AvgIpc) is 2.71. The summed E-state index contributed by atoms with van der Waals surface area (Å²) in [7, 11) is 0. The molecule has 4 heteroatoms. The minimum Gasteiger partial charge on any atom is -0.328 e. The predicted molar refractivity (Wildman–Crippen MR) is 62.9 cm³/mol. The molecule has 0 spiro atoms. The number of hydrogen-bond acceptors (Lipinski definition) is 3. The molecular weight excluding hydrogens is 208 g/mol. The molecule has 1 heterocycles. The largest absolute Gasteiger partial charge is 0.328 e. The van der Waals surface area contributed by atoms with Crippen molar-refractivity contribution >= 4 is 22.9 Å². The highest BCUT2D eigenvalue weighted by atomic mass is 32.1. The van der Waals surface area contributed by atoms with E-state index in [-0.39, 0.29) is 11.8 Å². The molecule has 0 unspecified atom stereocenters. The van der Waals surface area contributed by atoms with Crippen LogP contribution in [0.5, 0.6) is 0 Å². The Morgan fingerprint density at radius 3 is 2.73 bits per heavy atom. The van der Waals surface area contributed by atoms with Gasteiger partial charge in [-0.25, -0.2) is 0 Å². The van der Waals surface area contributed by atoms with Crippen LogP contribution in [0.15, 0.2) is 16.8 Å². The van der Waals surface area contributed by atoms with Crippen molar-refractivity contribution in [3.05, 3.63) is 16.8 Å². The molecule has 3 N–H and O–H groups in total. The van der Waals surface area contributed by atoms with Crippen LogP contribution in [0.3, 0.4) is 0 Å². The number of thiophene rings is 1. The second kappa shape index (κ2) is 4.77. The van der Waals surface area contributed by atoms with Crippen LogP contribution < -0.4 is 11.1 Å². The minimum absolute atomic E-state index is 0.153. The number of carbonyl (C=O) groups is 1. The van der Waals surface area contributed by atoms with E-state index >= 15 is 0 Å². The van der Waals surface area contributed by atoms with Crippen LogP contribution >= 0.6 is 11.3 Å². The summed E-state index contributed by atoms with van der Waals surface area (Å²) >= 11 is 1.59. The Morgan fingerprint density at radius 2 is 2.13 bits per heavy atom. The highest BCUT2D eigenvalue weighted by Gasteiger charge is 2.24. The third-order valence-electron chi connectivity index (χ3n) is 2.93. The maximum atomic E-state index is 11.8. The summed E-state index contributed by atoms with van der Waals surface area (Å²) in [5.74, 6) is 0.310. The van der Waals surface area contributed by atoms with Gasteiger partial charge in [0.25, 0.3) is 0 Å². The molecule has 15 heavy (non-hydrogen) atoms. The Bertz CT molecular complexity index is 315. The summed E-state index contributed by atoms with van der Waals surface area (Å²) in [6, 6.07) is 2.23. The second-order valence-electron chi connectivity index (χ2n) is 4.11. The smallest absolute Gasteiger partial charge is 0.227 e. The Balaban J connectivity index is 1.86. The van der Waals surface area contributed by atoms with E-state index in [0.29, 0.717) is 6.04 Å². The van der Waals surface area contributed by atoms with Gasteiger partial charge in [-0.15, -0.1) is 0 Å². The summed E-state index contributed by atoms with van der Waals surface area (Å²) in [5, 5.41) is 6.85. The van der Waals surface area contributed by atoms with Gasteiger partial charge in [0.05, 0.1) is 5.69 Å². The normalized spacial score (nSPS) is 26.2. The lowest BCUT2D eigenvalue weighted by atomic mass is 9.86.